The number of nitrogens with zero attached hydrogens (tertiary/aromatic N) is 4. The molecule has 0 aliphatic heterocycles. The summed E-state index contributed by atoms with van der Waals surface area (Å²) in [5, 5.41) is 3.77. The first-order valence-corrected chi connectivity index (χ1v) is 11.4. The molecule has 2 aromatic heterocycles. The van der Waals surface area contributed by atoms with E-state index in [9.17, 15) is 22.0 Å². The van der Waals surface area contributed by atoms with Crippen molar-refractivity contribution in [3.63, 3.8) is 0 Å². The van der Waals surface area contributed by atoms with Crippen LogP contribution >= 0.6 is 0 Å². The van der Waals surface area contributed by atoms with Crippen molar-refractivity contribution in [1.82, 2.24) is 19.7 Å². The predicted octanol–water partition coefficient (Wildman–Crippen LogP) is 4.05. The molecule has 0 saturated heterocycles. The second-order valence-corrected chi connectivity index (χ2v) is 10.3. The number of carbonyl (C=O) groups is 1. The van der Waals surface area contributed by atoms with Gasteiger partial charge in [0, 0.05) is 25.0 Å². The van der Waals surface area contributed by atoms with Crippen LogP contribution in [0.5, 0.6) is 0 Å². The first-order valence-electron chi connectivity index (χ1n) is 9.95. The Bertz CT molecular complexity index is 1280. The monoisotopic (exact) mass is 478 g/mol. The van der Waals surface area contributed by atoms with Gasteiger partial charge in [-0.05, 0) is 52.0 Å². The fourth-order valence-corrected chi connectivity index (χ4v) is 4.23. The number of aromatic nitrogens is 3. The van der Waals surface area contributed by atoms with Crippen molar-refractivity contribution in [3.05, 3.63) is 65.6 Å². The van der Waals surface area contributed by atoms with E-state index in [4.69, 9.17) is 4.74 Å². The van der Waals surface area contributed by atoms with E-state index in [0.29, 0.717) is 5.69 Å². The topological polar surface area (TPSA) is 94.4 Å². The molecule has 0 fully saturated rings. The molecule has 3 aromatic rings. The van der Waals surface area contributed by atoms with Gasteiger partial charge in [-0.2, -0.15) is 5.10 Å². The first kappa shape index (κ1) is 24.3. The van der Waals surface area contributed by atoms with Gasteiger partial charge in [0.25, 0.3) is 0 Å². The van der Waals surface area contributed by atoms with E-state index in [1.54, 1.807) is 27.7 Å². The third kappa shape index (κ3) is 5.36. The minimum absolute atomic E-state index is 0.130. The molecular formula is C22H24F2N4O4S. The lowest BCUT2D eigenvalue weighted by Gasteiger charge is -2.24. The molecule has 0 saturated carbocycles. The highest BCUT2D eigenvalue weighted by Gasteiger charge is 2.28. The van der Waals surface area contributed by atoms with Crippen molar-refractivity contribution in [3.8, 4) is 5.69 Å². The molecule has 0 aliphatic carbocycles. The standard InChI is InChI=1S/C22H24F2N4O4S/c1-14-9-10-16(12-25-14)33(30,31)19-11-15(13-27(5)21(29)32-22(2,3)4)26-28(19)18-8-6-7-17(23)20(18)24/h6-12H,13H2,1-5H3. The van der Waals surface area contributed by atoms with Gasteiger partial charge in [0.2, 0.25) is 9.84 Å². The van der Waals surface area contributed by atoms with Gasteiger partial charge in [-0.1, -0.05) is 6.07 Å². The third-order valence-corrected chi connectivity index (χ3v) is 6.16. The summed E-state index contributed by atoms with van der Waals surface area (Å²) < 4.78 is 61.2. The van der Waals surface area contributed by atoms with E-state index >= 15 is 0 Å². The molecule has 0 unspecified atom stereocenters. The highest BCUT2D eigenvalue weighted by Crippen LogP contribution is 2.27. The van der Waals surface area contributed by atoms with Gasteiger partial charge in [0.05, 0.1) is 17.1 Å². The van der Waals surface area contributed by atoms with Crippen LogP contribution in [0.4, 0.5) is 13.6 Å². The van der Waals surface area contributed by atoms with Crippen LogP contribution in [0.3, 0.4) is 0 Å². The summed E-state index contributed by atoms with van der Waals surface area (Å²) in [6.45, 7) is 6.70. The summed E-state index contributed by atoms with van der Waals surface area (Å²) in [5.74, 6) is -2.41. The molecule has 11 heteroatoms. The Morgan fingerprint density at radius 1 is 1.18 bits per heavy atom. The summed E-state index contributed by atoms with van der Waals surface area (Å²) in [6.07, 6.45) is 0.525. The summed E-state index contributed by atoms with van der Waals surface area (Å²) >= 11 is 0. The first-order chi connectivity index (χ1) is 15.3. The summed E-state index contributed by atoms with van der Waals surface area (Å²) in [5.41, 5.74) is -0.383. The molecule has 0 bridgehead atoms. The fraction of sp³-hybridized carbons (Fsp3) is 0.318. The average Bonchev–Trinajstić information content (AvgIpc) is 3.13. The van der Waals surface area contributed by atoms with Crippen LogP contribution in [-0.4, -0.2) is 46.8 Å². The Hall–Kier alpha value is -3.34. The molecule has 0 atom stereocenters. The van der Waals surface area contributed by atoms with E-state index < -0.39 is 38.2 Å². The van der Waals surface area contributed by atoms with Crippen molar-refractivity contribution < 1.29 is 26.7 Å². The average molecular weight is 479 g/mol. The minimum atomic E-state index is -4.21. The van der Waals surface area contributed by atoms with Crippen molar-refractivity contribution in [2.75, 3.05) is 7.05 Å². The molecule has 176 valence electrons. The number of hydrogen-bond donors (Lipinski definition) is 0. The maximum absolute atomic E-state index is 14.6. The second-order valence-electron chi connectivity index (χ2n) is 8.43. The number of halogens is 2. The quantitative estimate of drug-likeness (QED) is 0.549. The highest BCUT2D eigenvalue weighted by molar-refractivity contribution is 7.91. The molecule has 2 heterocycles. The Morgan fingerprint density at radius 2 is 1.88 bits per heavy atom. The lowest BCUT2D eigenvalue weighted by atomic mass is 10.2. The van der Waals surface area contributed by atoms with Gasteiger partial charge < -0.3 is 9.64 Å². The number of amides is 1. The van der Waals surface area contributed by atoms with Gasteiger partial charge in [-0.3, -0.25) is 4.98 Å². The van der Waals surface area contributed by atoms with Crippen molar-refractivity contribution >= 4 is 15.9 Å². The Balaban J connectivity index is 2.10. The molecule has 3 rings (SSSR count). The van der Waals surface area contributed by atoms with Crippen molar-refractivity contribution in [1.29, 1.82) is 0 Å². The lowest BCUT2D eigenvalue weighted by molar-refractivity contribution is 0.0283. The Labute approximate surface area is 190 Å². The van der Waals surface area contributed by atoms with E-state index in [2.05, 4.69) is 10.1 Å². The number of sulfone groups is 1. The van der Waals surface area contributed by atoms with Crippen LogP contribution in [-0.2, 0) is 21.1 Å². The molecule has 8 nitrogen and oxygen atoms in total. The summed E-state index contributed by atoms with van der Waals surface area (Å²) in [7, 11) is -2.76. The van der Waals surface area contributed by atoms with Crippen molar-refractivity contribution in [2.45, 2.75) is 49.8 Å². The molecule has 0 spiro atoms. The van der Waals surface area contributed by atoms with Crippen LogP contribution in [0.15, 0.2) is 52.5 Å². The molecule has 33 heavy (non-hydrogen) atoms. The zero-order valence-corrected chi connectivity index (χ0v) is 19.7. The van der Waals surface area contributed by atoms with Gasteiger partial charge in [-0.15, -0.1) is 0 Å². The number of pyridine rings is 1. The number of benzene rings is 1. The van der Waals surface area contributed by atoms with E-state index in [0.717, 1.165) is 10.7 Å². The fourth-order valence-electron chi connectivity index (χ4n) is 2.89. The maximum atomic E-state index is 14.6. The number of hydrogen-bond acceptors (Lipinski definition) is 6. The number of carbonyl (C=O) groups excluding carboxylic acids is 1. The molecule has 1 aromatic carbocycles. The van der Waals surface area contributed by atoms with Crippen LogP contribution in [0.1, 0.15) is 32.2 Å². The maximum Gasteiger partial charge on any atom is 0.410 e. The van der Waals surface area contributed by atoms with Gasteiger partial charge in [0.15, 0.2) is 16.7 Å². The molecular weight excluding hydrogens is 454 g/mol. The second kappa shape index (κ2) is 8.89. The summed E-state index contributed by atoms with van der Waals surface area (Å²) in [4.78, 5) is 17.4. The Kier molecular flexibility index (Phi) is 6.55. The minimum Gasteiger partial charge on any atom is -0.444 e. The highest BCUT2D eigenvalue weighted by atomic mass is 32.2. The zero-order chi connectivity index (χ0) is 24.6. The largest absolute Gasteiger partial charge is 0.444 e. The van der Waals surface area contributed by atoms with Gasteiger partial charge in [0.1, 0.15) is 11.3 Å². The van der Waals surface area contributed by atoms with Gasteiger partial charge >= 0.3 is 6.09 Å². The molecule has 1 amide bonds. The van der Waals surface area contributed by atoms with Crippen LogP contribution in [0.2, 0.25) is 0 Å². The zero-order valence-electron chi connectivity index (χ0n) is 18.8. The van der Waals surface area contributed by atoms with E-state index in [1.807, 2.05) is 0 Å². The lowest BCUT2D eigenvalue weighted by Crippen LogP contribution is -2.33. The normalized spacial score (nSPS) is 12.0. The third-order valence-electron chi connectivity index (χ3n) is 4.46. The molecule has 0 radical (unpaired) electrons. The smallest absolute Gasteiger partial charge is 0.410 e. The van der Waals surface area contributed by atoms with E-state index in [-0.39, 0.29) is 22.8 Å². The van der Waals surface area contributed by atoms with Crippen LogP contribution < -0.4 is 0 Å². The SMILES string of the molecule is Cc1ccc(S(=O)(=O)c2cc(CN(C)C(=O)OC(C)(C)C)nn2-c2cccc(F)c2F)cn1. The number of ether oxygens (including phenoxy) is 1. The van der Waals surface area contributed by atoms with Crippen molar-refractivity contribution in [2.24, 2.45) is 0 Å². The predicted molar refractivity (Wildman–Crippen MR) is 116 cm³/mol. The van der Waals surface area contributed by atoms with Gasteiger partial charge in [-0.25, -0.2) is 26.7 Å². The number of rotatable bonds is 5. The van der Waals surface area contributed by atoms with E-state index in [1.165, 1.54) is 48.5 Å². The van der Waals surface area contributed by atoms with Crippen LogP contribution in [0, 0.1) is 18.6 Å². The molecule has 0 aliphatic rings. The summed E-state index contributed by atoms with van der Waals surface area (Å²) in [6, 6.07) is 7.46. The van der Waals surface area contributed by atoms with Crippen LogP contribution in [0.25, 0.3) is 5.69 Å². The number of aryl methyl sites for hydroxylation is 1. The Morgan fingerprint density at radius 3 is 2.48 bits per heavy atom. The molecule has 0 N–H and O–H groups in total.